The summed E-state index contributed by atoms with van der Waals surface area (Å²) in [4.78, 5) is 12.3. The van der Waals surface area contributed by atoms with Gasteiger partial charge in [0.1, 0.15) is 5.75 Å². The number of nitrogens with one attached hydrogen (secondary N) is 1. The first-order valence-electron chi connectivity index (χ1n) is 8.93. The highest BCUT2D eigenvalue weighted by molar-refractivity contribution is 6.30. The van der Waals surface area contributed by atoms with Gasteiger partial charge in [-0.05, 0) is 73.9 Å². The van der Waals surface area contributed by atoms with Crippen molar-refractivity contribution in [3.05, 3.63) is 64.2 Å². The molecule has 0 aromatic heterocycles. The van der Waals surface area contributed by atoms with Crippen LogP contribution >= 0.6 is 11.6 Å². The summed E-state index contributed by atoms with van der Waals surface area (Å²) < 4.78 is 5.96. The number of benzene rings is 2. The van der Waals surface area contributed by atoms with Crippen LogP contribution in [0.4, 0.5) is 0 Å². The molecule has 25 heavy (non-hydrogen) atoms. The molecule has 0 heterocycles. The summed E-state index contributed by atoms with van der Waals surface area (Å²) >= 11 is 5.88. The molecule has 0 spiro atoms. The molecule has 0 aliphatic heterocycles. The van der Waals surface area contributed by atoms with Crippen LogP contribution in [-0.4, -0.2) is 18.6 Å². The Morgan fingerprint density at radius 3 is 2.72 bits per heavy atom. The summed E-state index contributed by atoms with van der Waals surface area (Å²) in [6.07, 6.45) is 4.84. The maximum absolute atomic E-state index is 12.3. The van der Waals surface area contributed by atoms with Crippen LogP contribution < -0.4 is 10.1 Å². The molecule has 0 radical (unpaired) electrons. The average molecular weight is 358 g/mol. The predicted molar refractivity (Wildman–Crippen MR) is 101 cm³/mol. The topological polar surface area (TPSA) is 38.3 Å². The zero-order chi connectivity index (χ0) is 17.6. The van der Waals surface area contributed by atoms with Gasteiger partial charge in [0.2, 0.25) is 0 Å². The smallest absolute Gasteiger partial charge is 0.260 e. The molecule has 1 aliphatic rings. The molecule has 1 N–H and O–H groups in total. The second-order valence-corrected chi connectivity index (χ2v) is 6.96. The van der Waals surface area contributed by atoms with Crippen molar-refractivity contribution < 1.29 is 9.53 Å². The van der Waals surface area contributed by atoms with E-state index in [4.69, 9.17) is 16.3 Å². The van der Waals surface area contributed by atoms with Gasteiger partial charge in [0.15, 0.2) is 6.10 Å². The molecule has 3 rings (SSSR count). The molecule has 1 amide bonds. The van der Waals surface area contributed by atoms with Gasteiger partial charge in [-0.25, -0.2) is 0 Å². The summed E-state index contributed by atoms with van der Waals surface area (Å²) in [6.45, 7) is 2.39. The number of carbonyl (C=O) groups is 1. The van der Waals surface area contributed by atoms with Gasteiger partial charge in [0.25, 0.3) is 5.91 Å². The van der Waals surface area contributed by atoms with E-state index in [9.17, 15) is 4.79 Å². The quantitative estimate of drug-likeness (QED) is 0.834. The summed E-state index contributed by atoms with van der Waals surface area (Å²) in [5, 5.41) is 3.67. The first kappa shape index (κ1) is 17.8. The normalized spacial score (nSPS) is 14.5. The van der Waals surface area contributed by atoms with Crippen LogP contribution in [0, 0.1) is 0 Å². The summed E-state index contributed by atoms with van der Waals surface area (Å²) in [5.41, 5.74) is 3.78. The molecule has 1 unspecified atom stereocenters. The molecule has 0 saturated heterocycles. The van der Waals surface area contributed by atoms with Gasteiger partial charge in [-0.15, -0.1) is 0 Å². The summed E-state index contributed by atoms with van der Waals surface area (Å²) in [5.74, 6) is 0.778. The molecule has 2 aromatic carbocycles. The number of fused-ring (bicyclic) bond motifs is 1. The Labute approximate surface area is 154 Å². The molecule has 0 saturated carbocycles. The highest BCUT2D eigenvalue weighted by atomic mass is 35.5. The molecule has 2 aromatic rings. The molecule has 1 atom stereocenters. The van der Waals surface area contributed by atoms with E-state index < -0.39 is 6.10 Å². The molecule has 0 bridgehead atoms. The van der Waals surface area contributed by atoms with Crippen molar-refractivity contribution in [3.63, 3.8) is 0 Å². The lowest BCUT2D eigenvalue weighted by Gasteiger charge is -2.22. The average Bonchev–Trinajstić information content (AvgIpc) is 2.63. The van der Waals surface area contributed by atoms with Crippen LogP contribution in [0.25, 0.3) is 0 Å². The van der Waals surface area contributed by atoms with Crippen LogP contribution in [0.1, 0.15) is 36.5 Å². The van der Waals surface area contributed by atoms with Crippen molar-refractivity contribution in [2.24, 2.45) is 0 Å². The third-order valence-corrected chi connectivity index (χ3v) is 4.90. The molecule has 4 heteroatoms. The Kier molecular flexibility index (Phi) is 5.98. The number of hydrogen-bond acceptors (Lipinski definition) is 2. The first-order chi connectivity index (χ1) is 12.1. The molecular weight excluding hydrogens is 334 g/mol. The standard InChI is InChI=1S/C21H24ClNO2/c1-15(21(24)23-14-13-16-9-11-18(22)12-10-16)25-20-8-4-6-17-5-2-3-7-19(17)20/h4,6,8-12,15H,2-3,5,7,13-14H2,1H3,(H,23,24). The van der Waals surface area contributed by atoms with Crippen molar-refractivity contribution in [2.45, 2.75) is 45.1 Å². The number of hydrogen-bond donors (Lipinski definition) is 1. The van der Waals surface area contributed by atoms with Crippen molar-refractivity contribution in [3.8, 4) is 5.75 Å². The Bertz CT molecular complexity index is 727. The summed E-state index contributed by atoms with van der Waals surface area (Å²) in [7, 11) is 0. The Hall–Kier alpha value is -2.00. The Morgan fingerprint density at radius 2 is 1.92 bits per heavy atom. The highest BCUT2D eigenvalue weighted by Crippen LogP contribution is 2.30. The molecule has 132 valence electrons. The number of halogens is 1. The number of rotatable bonds is 6. The van der Waals surface area contributed by atoms with Gasteiger partial charge in [0.05, 0.1) is 0 Å². The second-order valence-electron chi connectivity index (χ2n) is 6.53. The molecule has 3 nitrogen and oxygen atoms in total. The fraction of sp³-hybridized carbons (Fsp3) is 0.381. The van der Waals surface area contributed by atoms with Crippen molar-refractivity contribution in [1.82, 2.24) is 5.32 Å². The lowest BCUT2D eigenvalue weighted by molar-refractivity contribution is -0.127. The third-order valence-electron chi connectivity index (χ3n) is 4.65. The molecular formula is C21H24ClNO2. The van der Waals surface area contributed by atoms with Crippen LogP contribution in [0.5, 0.6) is 5.75 Å². The minimum absolute atomic E-state index is 0.0811. The van der Waals surface area contributed by atoms with E-state index in [0.717, 1.165) is 35.6 Å². The molecule has 0 fully saturated rings. The van der Waals surface area contributed by atoms with Gasteiger partial charge < -0.3 is 10.1 Å². The van der Waals surface area contributed by atoms with Crippen molar-refractivity contribution in [2.75, 3.05) is 6.54 Å². The maximum Gasteiger partial charge on any atom is 0.260 e. The van der Waals surface area contributed by atoms with Crippen molar-refractivity contribution in [1.29, 1.82) is 0 Å². The SMILES string of the molecule is CC(Oc1cccc2c1CCCC2)C(=O)NCCc1ccc(Cl)cc1. The zero-order valence-corrected chi connectivity index (χ0v) is 15.3. The number of ether oxygens (including phenoxy) is 1. The van der Waals surface area contributed by atoms with Crippen molar-refractivity contribution >= 4 is 17.5 Å². The predicted octanol–water partition coefficient (Wildman–Crippen LogP) is 4.35. The van der Waals surface area contributed by atoms with E-state index in [0.29, 0.717) is 6.54 Å². The van der Waals surface area contributed by atoms with Crippen LogP contribution in [0.3, 0.4) is 0 Å². The van der Waals surface area contributed by atoms with E-state index in [1.807, 2.05) is 36.4 Å². The monoisotopic (exact) mass is 357 g/mol. The maximum atomic E-state index is 12.3. The van der Waals surface area contributed by atoms with E-state index in [1.54, 1.807) is 6.92 Å². The van der Waals surface area contributed by atoms with Gasteiger partial charge in [-0.2, -0.15) is 0 Å². The molecule has 1 aliphatic carbocycles. The fourth-order valence-corrected chi connectivity index (χ4v) is 3.35. The van der Waals surface area contributed by atoms with Crippen LogP contribution in [-0.2, 0) is 24.1 Å². The van der Waals surface area contributed by atoms with E-state index in [2.05, 4.69) is 11.4 Å². The number of amides is 1. The van der Waals surface area contributed by atoms with E-state index >= 15 is 0 Å². The fourth-order valence-electron chi connectivity index (χ4n) is 3.23. The Balaban J connectivity index is 1.52. The lowest BCUT2D eigenvalue weighted by Crippen LogP contribution is -2.37. The largest absolute Gasteiger partial charge is 0.481 e. The minimum Gasteiger partial charge on any atom is -0.481 e. The third kappa shape index (κ3) is 4.76. The second kappa shape index (κ2) is 8.39. The highest BCUT2D eigenvalue weighted by Gasteiger charge is 2.19. The van der Waals surface area contributed by atoms with Gasteiger partial charge in [-0.3, -0.25) is 4.79 Å². The zero-order valence-electron chi connectivity index (χ0n) is 14.6. The first-order valence-corrected chi connectivity index (χ1v) is 9.31. The minimum atomic E-state index is -0.501. The van der Waals surface area contributed by atoms with Crippen LogP contribution in [0.15, 0.2) is 42.5 Å². The van der Waals surface area contributed by atoms with E-state index in [1.165, 1.54) is 24.0 Å². The summed E-state index contributed by atoms with van der Waals surface area (Å²) in [6, 6.07) is 13.8. The number of aryl methyl sites for hydroxylation is 1. The number of carbonyl (C=O) groups excluding carboxylic acids is 1. The van der Waals surface area contributed by atoms with E-state index in [-0.39, 0.29) is 5.91 Å². The Morgan fingerprint density at radius 1 is 1.16 bits per heavy atom. The van der Waals surface area contributed by atoms with Gasteiger partial charge in [-0.1, -0.05) is 35.9 Å². The lowest BCUT2D eigenvalue weighted by atomic mass is 9.91. The van der Waals surface area contributed by atoms with Crippen LogP contribution in [0.2, 0.25) is 5.02 Å². The van der Waals surface area contributed by atoms with Gasteiger partial charge >= 0.3 is 0 Å². The van der Waals surface area contributed by atoms with Gasteiger partial charge in [0, 0.05) is 11.6 Å².